The zero-order valence-electron chi connectivity index (χ0n) is 17.3. The fourth-order valence-electron chi connectivity index (χ4n) is 5.36. The van der Waals surface area contributed by atoms with Crippen LogP contribution in [0.15, 0.2) is 23.0 Å². The summed E-state index contributed by atoms with van der Waals surface area (Å²) < 4.78 is 3.03. The van der Waals surface area contributed by atoms with Crippen molar-refractivity contribution in [1.29, 1.82) is 0 Å². The smallest absolute Gasteiger partial charge is 0.329 e. The zero-order valence-corrected chi connectivity index (χ0v) is 17.3. The lowest BCUT2D eigenvalue weighted by atomic mass is 9.90. The Morgan fingerprint density at radius 3 is 2.55 bits per heavy atom. The van der Waals surface area contributed by atoms with E-state index < -0.39 is 17.9 Å². The van der Waals surface area contributed by atoms with Gasteiger partial charge in [0.05, 0.1) is 17.6 Å². The fraction of sp³-hybridized carbons (Fsp3) is 0.524. The number of aliphatic carboxylic acids is 1. The average Bonchev–Trinajstić information content (AvgIpc) is 2.98. The van der Waals surface area contributed by atoms with E-state index in [4.69, 9.17) is 5.11 Å². The third kappa shape index (κ3) is 3.21. The summed E-state index contributed by atoms with van der Waals surface area (Å²) in [4.78, 5) is 52.3. The van der Waals surface area contributed by atoms with Gasteiger partial charge in [0.1, 0.15) is 6.04 Å². The molecule has 0 spiro atoms. The highest BCUT2D eigenvalue weighted by Gasteiger charge is 2.40. The second-order valence-corrected chi connectivity index (χ2v) is 8.71. The van der Waals surface area contributed by atoms with Crippen molar-refractivity contribution in [3.8, 4) is 0 Å². The maximum atomic E-state index is 13.0. The van der Waals surface area contributed by atoms with Crippen LogP contribution in [0.2, 0.25) is 0 Å². The molecule has 6 rings (SSSR count). The Morgan fingerprint density at radius 1 is 1.10 bits per heavy atom. The molecule has 10 heteroatoms. The molecule has 2 aromatic rings. The van der Waals surface area contributed by atoms with E-state index in [2.05, 4.69) is 10.2 Å². The first kappa shape index (κ1) is 19.8. The highest BCUT2D eigenvalue weighted by molar-refractivity contribution is 6.00. The molecule has 0 aliphatic carbocycles. The molecule has 10 nitrogen and oxygen atoms in total. The van der Waals surface area contributed by atoms with Gasteiger partial charge in [-0.1, -0.05) is 0 Å². The summed E-state index contributed by atoms with van der Waals surface area (Å²) in [5, 5.41) is 11.5. The van der Waals surface area contributed by atoms with Crippen LogP contribution in [0.3, 0.4) is 0 Å². The van der Waals surface area contributed by atoms with Crippen LogP contribution in [0.4, 0.5) is 5.69 Å². The molecule has 1 aromatic carbocycles. The Bertz CT molecular complexity index is 1150. The standard InChI is InChI=1S/C21H25N5O5/c1-23-17-8-12(25-10-13-2-3-14(25)9-24(13)11-19(28)29)4-5-15(17)26(21(23)31)16-6-7-18(27)22-20(16)30/h4-5,8,13-14,16H,2-3,6-7,9-11H2,1H3,(H,28,29)(H,22,27,30). The quantitative estimate of drug-likeness (QED) is 0.663. The molecule has 164 valence electrons. The number of piperazine rings is 1. The summed E-state index contributed by atoms with van der Waals surface area (Å²) in [5.41, 5.74) is 2.11. The summed E-state index contributed by atoms with van der Waals surface area (Å²) in [7, 11) is 1.69. The number of rotatable bonds is 4. The summed E-state index contributed by atoms with van der Waals surface area (Å²) in [6.07, 6.45) is 2.51. The minimum atomic E-state index is -0.801. The molecule has 3 atom stereocenters. The van der Waals surface area contributed by atoms with E-state index >= 15 is 0 Å². The van der Waals surface area contributed by atoms with Gasteiger partial charge < -0.3 is 10.0 Å². The number of imidazole rings is 1. The van der Waals surface area contributed by atoms with Crippen molar-refractivity contribution in [2.75, 3.05) is 24.5 Å². The van der Waals surface area contributed by atoms with Crippen molar-refractivity contribution in [2.45, 2.75) is 43.8 Å². The summed E-state index contributed by atoms with van der Waals surface area (Å²) in [6.45, 7) is 1.54. The van der Waals surface area contributed by atoms with Crippen molar-refractivity contribution >= 4 is 34.5 Å². The normalized spacial score (nSPS) is 26.5. The van der Waals surface area contributed by atoms with Crippen LogP contribution < -0.4 is 15.9 Å². The van der Waals surface area contributed by atoms with Gasteiger partial charge in [0.25, 0.3) is 0 Å². The van der Waals surface area contributed by atoms with Gasteiger partial charge in [0, 0.05) is 44.3 Å². The van der Waals surface area contributed by atoms with Gasteiger partial charge in [0.15, 0.2) is 0 Å². The van der Waals surface area contributed by atoms with Crippen LogP contribution in [0.5, 0.6) is 0 Å². The Labute approximate surface area is 178 Å². The average molecular weight is 427 g/mol. The van der Waals surface area contributed by atoms with Crippen LogP contribution in [0.25, 0.3) is 11.0 Å². The molecule has 0 saturated carbocycles. The number of anilines is 1. The van der Waals surface area contributed by atoms with Gasteiger partial charge in [-0.3, -0.25) is 33.7 Å². The van der Waals surface area contributed by atoms with E-state index in [0.717, 1.165) is 30.6 Å². The van der Waals surface area contributed by atoms with Gasteiger partial charge in [-0.25, -0.2) is 4.79 Å². The van der Waals surface area contributed by atoms with Crippen LogP contribution in [0.1, 0.15) is 31.7 Å². The Hall–Kier alpha value is -3.14. The molecular formula is C21H25N5O5. The number of aromatic nitrogens is 2. The molecule has 0 radical (unpaired) electrons. The third-order valence-corrected chi connectivity index (χ3v) is 6.91. The van der Waals surface area contributed by atoms with E-state index in [0.29, 0.717) is 18.5 Å². The molecule has 31 heavy (non-hydrogen) atoms. The molecule has 4 saturated heterocycles. The molecule has 4 fully saturated rings. The number of hydrogen-bond acceptors (Lipinski definition) is 6. The zero-order chi connectivity index (χ0) is 21.9. The number of carbonyl (C=O) groups excluding carboxylic acids is 2. The number of nitrogens with one attached hydrogen (secondary N) is 1. The lowest BCUT2D eigenvalue weighted by molar-refractivity contribution is -0.140. The molecule has 3 unspecified atom stereocenters. The first-order valence-corrected chi connectivity index (χ1v) is 10.6. The molecule has 2 bridgehead atoms. The number of amides is 2. The largest absolute Gasteiger partial charge is 0.480 e. The minimum Gasteiger partial charge on any atom is -0.480 e. The van der Waals surface area contributed by atoms with Crippen LogP contribution in [0, 0.1) is 0 Å². The number of aryl methyl sites for hydroxylation is 1. The lowest BCUT2D eigenvalue weighted by Gasteiger charge is -2.52. The monoisotopic (exact) mass is 427 g/mol. The second kappa shape index (κ2) is 7.23. The maximum Gasteiger partial charge on any atom is 0.329 e. The van der Waals surface area contributed by atoms with Crippen molar-refractivity contribution < 1.29 is 19.5 Å². The summed E-state index contributed by atoms with van der Waals surface area (Å²) >= 11 is 0. The molecule has 5 heterocycles. The van der Waals surface area contributed by atoms with Crippen molar-refractivity contribution in [3.63, 3.8) is 0 Å². The highest BCUT2D eigenvalue weighted by atomic mass is 16.4. The van der Waals surface area contributed by atoms with E-state index in [9.17, 15) is 19.2 Å². The van der Waals surface area contributed by atoms with Crippen LogP contribution in [-0.4, -0.2) is 68.6 Å². The van der Waals surface area contributed by atoms with E-state index in [1.807, 2.05) is 23.1 Å². The number of benzene rings is 1. The highest BCUT2D eigenvalue weighted by Crippen LogP contribution is 2.34. The number of piperidine rings is 3. The number of carboxylic acid groups (broad SMARTS) is 1. The van der Waals surface area contributed by atoms with Crippen molar-refractivity contribution in [1.82, 2.24) is 19.4 Å². The number of carbonyl (C=O) groups is 3. The number of carboxylic acids is 1. The number of nitrogens with zero attached hydrogens (tertiary/aromatic N) is 4. The first-order valence-electron chi connectivity index (χ1n) is 10.6. The van der Waals surface area contributed by atoms with Crippen molar-refractivity contribution in [2.24, 2.45) is 7.05 Å². The topological polar surface area (TPSA) is 117 Å². The number of fused-ring (bicyclic) bond motifs is 4. The lowest BCUT2D eigenvalue weighted by Crippen LogP contribution is -2.63. The molecule has 2 amide bonds. The van der Waals surface area contributed by atoms with E-state index in [-0.39, 0.29) is 36.6 Å². The minimum absolute atomic E-state index is 0.0668. The Morgan fingerprint density at radius 2 is 1.87 bits per heavy atom. The fourth-order valence-corrected chi connectivity index (χ4v) is 5.36. The summed E-state index contributed by atoms with van der Waals surface area (Å²) in [5.74, 6) is -1.55. The molecule has 1 aromatic heterocycles. The SMILES string of the molecule is Cn1c(=O)n(C2CCC(=O)NC2=O)c2ccc(N3CC4CCC3CN4CC(=O)O)cc21. The van der Waals surface area contributed by atoms with Gasteiger partial charge in [-0.05, 0) is 37.5 Å². The van der Waals surface area contributed by atoms with Gasteiger partial charge in [-0.15, -0.1) is 0 Å². The first-order chi connectivity index (χ1) is 14.8. The summed E-state index contributed by atoms with van der Waals surface area (Å²) in [6, 6.07) is 5.54. The van der Waals surface area contributed by atoms with Gasteiger partial charge in [0.2, 0.25) is 11.8 Å². The second-order valence-electron chi connectivity index (χ2n) is 8.71. The number of hydrogen-bond donors (Lipinski definition) is 2. The number of imide groups is 1. The van der Waals surface area contributed by atoms with Crippen LogP contribution in [-0.2, 0) is 21.4 Å². The predicted octanol–water partition coefficient (Wildman–Crippen LogP) is 0.0553. The third-order valence-electron chi connectivity index (χ3n) is 6.91. The Balaban J connectivity index is 1.48. The molecular weight excluding hydrogens is 402 g/mol. The maximum absolute atomic E-state index is 13.0. The molecule has 2 N–H and O–H groups in total. The van der Waals surface area contributed by atoms with Crippen molar-refractivity contribution in [3.05, 3.63) is 28.7 Å². The molecule has 4 aliphatic rings. The Kier molecular flexibility index (Phi) is 4.62. The predicted molar refractivity (Wildman–Crippen MR) is 112 cm³/mol. The van der Waals surface area contributed by atoms with E-state index in [1.165, 1.54) is 4.57 Å². The van der Waals surface area contributed by atoms with Crippen LogP contribution >= 0.6 is 0 Å². The molecule has 4 aliphatic heterocycles. The van der Waals surface area contributed by atoms with E-state index in [1.54, 1.807) is 11.6 Å². The van der Waals surface area contributed by atoms with Gasteiger partial charge >= 0.3 is 11.7 Å². The van der Waals surface area contributed by atoms with Gasteiger partial charge in [-0.2, -0.15) is 0 Å².